The first-order chi connectivity index (χ1) is 13.1. The predicted octanol–water partition coefficient (Wildman–Crippen LogP) is 4.85. The number of halogens is 1. The second kappa shape index (κ2) is 7.67. The average molecular weight is 416 g/mol. The van der Waals surface area contributed by atoms with Gasteiger partial charge in [0.15, 0.2) is 10.2 Å². The molecule has 0 fully saturated rings. The summed E-state index contributed by atoms with van der Waals surface area (Å²) in [7, 11) is 0. The smallest absolute Gasteiger partial charge is 0.239 e. The van der Waals surface area contributed by atoms with Crippen LogP contribution in [0.2, 0.25) is 5.02 Å². The van der Waals surface area contributed by atoms with E-state index in [1.807, 2.05) is 49.4 Å². The minimum atomic E-state index is -0.349. The number of amides is 1. The average Bonchev–Trinajstić information content (AvgIpc) is 3.28. The monoisotopic (exact) mass is 415 g/mol. The standard InChI is InChI=1S/C18H14ClN5OS2/c1-10(26-17-20-13-8-4-5-9-14(13)21-17)15(25)22-18-24-23-16(27-18)11-6-2-3-7-12(11)19/h2-10H,1H3,(H,20,21)(H,22,24,25). The van der Waals surface area contributed by atoms with Crippen molar-refractivity contribution in [3.8, 4) is 10.6 Å². The molecule has 4 aromatic rings. The third-order valence-corrected chi connectivity index (χ3v) is 5.97. The largest absolute Gasteiger partial charge is 0.333 e. The number of thioether (sulfide) groups is 1. The van der Waals surface area contributed by atoms with Crippen LogP contribution in [-0.2, 0) is 4.79 Å². The van der Waals surface area contributed by atoms with Gasteiger partial charge in [-0.15, -0.1) is 10.2 Å². The Morgan fingerprint density at radius 1 is 1.19 bits per heavy atom. The third-order valence-electron chi connectivity index (χ3n) is 3.78. The molecule has 0 bridgehead atoms. The van der Waals surface area contributed by atoms with Crippen LogP contribution in [0.15, 0.2) is 53.7 Å². The number of benzene rings is 2. The fourth-order valence-electron chi connectivity index (χ4n) is 2.43. The van der Waals surface area contributed by atoms with Gasteiger partial charge in [0.25, 0.3) is 0 Å². The lowest BCUT2D eigenvalue weighted by Crippen LogP contribution is -2.22. The van der Waals surface area contributed by atoms with Crippen LogP contribution >= 0.6 is 34.7 Å². The molecule has 1 unspecified atom stereocenters. The molecule has 0 aliphatic carbocycles. The molecule has 4 rings (SSSR count). The summed E-state index contributed by atoms with van der Waals surface area (Å²) in [6.07, 6.45) is 0. The predicted molar refractivity (Wildman–Crippen MR) is 110 cm³/mol. The normalized spacial score (nSPS) is 12.2. The van der Waals surface area contributed by atoms with Gasteiger partial charge in [-0.2, -0.15) is 0 Å². The minimum absolute atomic E-state index is 0.165. The number of imidazole rings is 1. The molecule has 2 aromatic carbocycles. The van der Waals surface area contributed by atoms with Gasteiger partial charge >= 0.3 is 0 Å². The minimum Gasteiger partial charge on any atom is -0.333 e. The number of anilines is 1. The highest BCUT2D eigenvalue weighted by Gasteiger charge is 2.19. The summed E-state index contributed by atoms with van der Waals surface area (Å²) in [4.78, 5) is 20.2. The van der Waals surface area contributed by atoms with Crippen LogP contribution in [0.5, 0.6) is 0 Å². The number of hydrogen-bond donors (Lipinski definition) is 2. The topological polar surface area (TPSA) is 83.6 Å². The number of nitrogens with one attached hydrogen (secondary N) is 2. The molecule has 0 aliphatic heterocycles. The third kappa shape index (κ3) is 3.97. The van der Waals surface area contributed by atoms with E-state index in [-0.39, 0.29) is 11.2 Å². The molecular weight excluding hydrogens is 402 g/mol. The summed E-state index contributed by atoms with van der Waals surface area (Å²) in [6, 6.07) is 15.2. The SMILES string of the molecule is CC(Sc1nc2ccccc2[nH]1)C(=O)Nc1nnc(-c2ccccc2Cl)s1. The summed E-state index contributed by atoms with van der Waals surface area (Å²) in [5, 5.41) is 13.0. The van der Waals surface area contributed by atoms with Gasteiger partial charge in [-0.1, -0.05) is 65.0 Å². The zero-order valence-electron chi connectivity index (χ0n) is 14.1. The number of nitrogens with zero attached hydrogens (tertiary/aromatic N) is 3. The van der Waals surface area contributed by atoms with Gasteiger partial charge in [0.2, 0.25) is 11.0 Å². The number of rotatable bonds is 5. The highest BCUT2D eigenvalue weighted by atomic mass is 35.5. The van der Waals surface area contributed by atoms with Crippen molar-refractivity contribution < 1.29 is 4.79 Å². The molecule has 2 N–H and O–H groups in total. The molecule has 0 spiro atoms. The quantitative estimate of drug-likeness (QED) is 0.455. The molecule has 1 atom stereocenters. The highest BCUT2D eigenvalue weighted by molar-refractivity contribution is 8.00. The van der Waals surface area contributed by atoms with Crippen molar-refractivity contribution >= 4 is 56.8 Å². The molecule has 2 aromatic heterocycles. The Morgan fingerprint density at radius 2 is 1.96 bits per heavy atom. The summed E-state index contributed by atoms with van der Waals surface area (Å²) in [5.74, 6) is -0.165. The first-order valence-electron chi connectivity index (χ1n) is 8.11. The van der Waals surface area contributed by atoms with Crippen LogP contribution < -0.4 is 5.32 Å². The first kappa shape index (κ1) is 18.0. The lowest BCUT2D eigenvalue weighted by atomic mass is 10.2. The van der Waals surface area contributed by atoms with Crippen molar-refractivity contribution in [2.45, 2.75) is 17.3 Å². The maximum atomic E-state index is 12.5. The molecule has 0 saturated heterocycles. The molecular formula is C18H14ClN5OS2. The van der Waals surface area contributed by atoms with Crippen molar-refractivity contribution in [2.75, 3.05) is 5.32 Å². The van der Waals surface area contributed by atoms with Crippen LogP contribution in [0.1, 0.15) is 6.92 Å². The fourth-order valence-corrected chi connectivity index (χ4v) is 4.32. The van der Waals surface area contributed by atoms with Crippen molar-refractivity contribution in [1.29, 1.82) is 0 Å². The molecule has 0 aliphatic rings. The van der Waals surface area contributed by atoms with E-state index in [1.165, 1.54) is 23.1 Å². The van der Waals surface area contributed by atoms with E-state index >= 15 is 0 Å². The summed E-state index contributed by atoms with van der Waals surface area (Å²) >= 11 is 8.83. The zero-order chi connectivity index (χ0) is 18.8. The molecule has 2 heterocycles. The lowest BCUT2D eigenvalue weighted by molar-refractivity contribution is -0.115. The van der Waals surface area contributed by atoms with Gasteiger partial charge in [-0.05, 0) is 25.1 Å². The number of fused-ring (bicyclic) bond motifs is 1. The fraction of sp³-hybridized carbons (Fsp3) is 0.111. The lowest BCUT2D eigenvalue weighted by Gasteiger charge is -2.07. The number of aromatic amines is 1. The second-order valence-electron chi connectivity index (χ2n) is 5.70. The van der Waals surface area contributed by atoms with Crippen LogP contribution in [0.4, 0.5) is 5.13 Å². The molecule has 136 valence electrons. The molecule has 1 amide bonds. The number of carbonyl (C=O) groups is 1. The van der Waals surface area contributed by atoms with E-state index in [2.05, 4.69) is 25.5 Å². The van der Waals surface area contributed by atoms with E-state index < -0.39 is 0 Å². The number of carbonyl (C=O) groups excluding carboxylic acids is 1. The molecule has 0 radical (unpaired) electrons. The summed E-state index contributed by atoms with van der Waals surface area (Å²) in [5.41, 5.74) is 2.61. The van der Waals surface area contributed by atoms with Gasteiger partial charge in [-0.3, -0.25) is 10.1 Å². The van der Waals surface area contributed by atoms with E-state index in [0.29, 0.717) is 20.3 Å². The van der Waals surface area contributed by atoms with Gasteiger partial charge in [0, 0.05) is 5.56 Å². The van der Waals surface area contributed by atoms with Gasteiger partial charge in [-0.25, -0.2) is 4.98 Å². The number of aromatic nitrogens is 4. The van der Waals surface area contributed by atoms with Crippen molar-refractivity contribution in [2.24, 2.45) is 0 Å². The molecule has 6 nitrogen and oxygen atoms in total. The van der Waals surface area contributed by atoms with Gasteiger partial charge < -0.3 is 4.98 Å². The van der Waals surface area contributed by atoms with Crippen LogP contribution in [0.25, 0.3) is 21.6 Å². The molecule has 9 heteroatoms. The Hall–Kier alpha value is -2.42. The van der Waals surface area contributed by atoms with Crippen molar-refractivity contribution in [3.05, 3.63) is 53.6 Å². The van der Waals surface area contributed by atoms with E-state index in [9.17, 15) is 4.79 Å². The van der Waals surface area contributed by atoms with Crippen LogP contribution in [0.3, 0.4) is 0 Å². The molecule has 27 heavy (non-hydrogen) atoms. The number of para-hydroxylation sites is 2. The van der Waals surface area contributed by atoms with Gasteiger partial charge in [0.1, 0.15) is 0 Å². The second-order valence-corrected chi connectivity index (χ2v) is 8.41. The van der Waals surface area contributed by atoms with E-state index in [0.717, 1.165) is 16.6 Å². The van der Waals surface area contributed by atoms with Crippen LogP contribution in [0, 0.1) is 0 Å². The Balaban J connectivity index is 1.43. The Morgan fingerprint density at radius 3 is 2.78 bits per heavy atom. The first-order valence-corrected chi connectivity index (χ1v) is 10.2. The Kier molecular flexibility index (Phi) is 5.11. The van der Waals surface area contributed by atoms with E-state index in [4.69, 9.17) is 11.6 Å². The van der Waals surface area contributed by atoms with Crippen molar-refractivity contribution in [1.82, 2.24) is 20.2 Å². The number of H-pyrrole nitrogens is 1. The molecule has 0 saturated carbocycles. The van der Waals surface area contributed by atoms with Crippen LogP contribution in [-0.4, -0.2) is 31.3 Å². The Labute approximate surface area is 168 Å². The van der Waals surface area contributed by atoms with E-state index in [1.54, 1.807) is 6.07 Å². The Bertz CT molecular complexity index is 1080. The maximum Gasteiger partial charge on any atom is 0.239 e. The summed E-state index contributed by atoms with van der Waals surface area (Å²) in [6.45, 7) is 1.82. The number of hydrogen-bond acceptors (Lipinski definition) is 6. The maximum absolute atomic E-state index is 12.5. The zero-order valence-corrected chi connectivity index (χ0v) is 16.5. The van der Waals surface area contributed by atoms with Crippen molar-refractivity contribution in [3.63, 3.8) is 0 Å². The van der Waals surface area contributed by atoms with Gasteiger partial charge in [0.05, 0.1) is 21.3 Å². The summed E-state index contributed by atoms with van der Waals surface area (Å²) < 4.78 is 0. The highest BCUT2D eigenvalue weighted by Crippen LogP contribution is 2.32.